The molecule has 0 fully saturated rings. The topological polar surface area (TPSA) is 67.8 Å². The monoisotopic (exact) mass is 473 g/mol. The van der Waals surface area contributed by atoms with E-state index in [-0.39, 0.29) is 0 Å². The molecular weight excluding hydrogens is 454 g/mol. The van der Waals surface area contributed by atoms with Crippen molar-refractivity contribution in [2.75, 3.05) is 13.2 Å². The predicted octanol–water partition coefficient (Wildman–Crippen LogP) is 4.99. The van der Waals surface area contributed by atoms with Crippen molar-refractivity contribution in [1.29, 1.82) is 0 Å². The summed E-state index contributed by atoms with van der Waals surface area (Å²) >= 11 is 6.69. The fourth-order valence-corrected chi connectivity index (χ4v) is 3.02. The fraction of sp³-hybridized carbons (Fsp3) is 0.278. The molecule has 5 nitrogen and oxygen atoms in total. The Morgan fingerprint density at radius 1 is 1.00 bits per heavy atom. The largest absolute Gasteiger partial charge is 0.492 e. The van der Waals surface area contributed by atoms with E-state index >= 15 is 0 Å². The molecule has 2 N–H and O–H groups in total. The number of benzene rings is 2. The van der Waals surface area contributed by atoms with Gasteiger partial charge in [0.05, 0.1) is 27.7 Å². The molecule has 136 valence electrons. The highest BCUT2D eigenvalue weighted by atomic mass is 79.9. The third-order valence-corrected chi connectivity index (χ3v) is 4.27. The van der Waals surface area contributed by atoms with Gasteiger partial charge in [0.25, 0.3) is 0 Å². The highest BCUT2D eigenvalue weighted by molar-refractivity contribution is 9.10. The standard InChI is InChI=1S/C9H12BrNO2.C9H9BrO2/c1-2-13-9-7(6-11-12)4-3-5-8(9)10;1-2-12-9-7(6-11)4-3-5-8(9)10/h3-5,11-12H,2,6H2,1H3;3-6H,2H2,1H3. The first kappa shape index (κ1) is 21.6. The van der Waals surface area contributed by atoms with Gasteiger partial charge >= 0.3 is 0 Å². The molecule has 0 spiro atoms. The molecule has 0 radical (unpaired) electrons. The number of nitrogens with one attached hydrogen (secondary N) is 1. The Balaban J connectivity index is 0.000000251. The molecule has 0 aromatic heterocycles. The minimum absolute atomic E-state index is 0.384. The van der Waals surface area contributed by atoms with E-state index in [0.717, 1.165) is 26.5 Å². The van der Waals surface area contributed by atoms with Gasteiger partial charge in [0.1, 0.15) is 11.5 Å². The molecule has 0 aliphatic rings. The molecule has 7 heteroatoms. The first-order chi connectivity index (χ1) is 12.1. The van der Waals surface area contributed by atoms with Crippen molar-refractivity contribution in [3.8, 4) is 11.5 Å². The van der Waals surface area contributed by atoms with Crippen LogP contribution in [0.5, 0.6) is 11.5 Å². The minimum Gasteiger partial charge on any atom is -0.492 e. The third-order valence-electron chi connectivity index (χ3n) is 3.02. The Hall–Kier alpha value is -1.41. The number of hydroxylamine groups is 1. The fourth-order valence-electron chi connectivity index (χ4n) is 2.00. The highest BCUT2D eigenvalue weighted by Crippen LogP contribution is 2.29. The first-order valence-electron chi connectivity index (χ1n) is 7.72. The van der Waals surface area contributed by atoms with Crippen molar-refractivity contribution in [3.63, 3.8) is 0 Å². The predicted molar refractivity (Wildman–Crippen MR) is 105 cm³/mol. The molecule has 0 unspecified atom stereocenters. The second-order valence-electron chi connectivity index (χ2n) is 4.71. The lowest BCUT2D eigenvalue weighted by atomic mass is 10.2. The van der Waals surface area contributed by atoms with Crippen LogP contribution < -0.4 is 15.0 Å². The van der Waals surface area contributed by atoms with Crippen molar-refractivity contribution < 1.29 is 19.5 Å². The first-order valence-corrected chi connectivity index (χ1v) is 9.31. The van der Waals surface area contributed by atoms with Crippen molar-refractivity contribution in [2.24, 2.45) is 0 Å². The van der Waals surface area contributed by atoms with Crippen molar-refractivity contribution in [1.82, 2.24) is 5.48 Å². The summed E-state index contributed by atoms with van der Waals surface area (Å²) in [4.78, 5) is 10.6. The van der Waals surface area contributed by atoms with Crippen LogP contribution in [0.2, 0.25) is 0 Å². The minimum atomic E-state index is 0.384. The van der Waals surface area contributed by atoms with Gasteiger partial charge < -0.3 is 14.7 Å². The van der Waals surface area contributed by atoms with Crippen LogP contribution in [0.4, 0.5) is 0 Å². The summed E-state index contributed by atoms with van der Waals surface area (Å²) in [5.74, 6) is 1.40. The van der Waals surface area contributed by atoms with Gasteiger partial charge in [-0.15, -0.1) is 0 Å². The summed E-state index contributed by atoms with van der Waals surface area (Å²) in [6, 6.07) is 11.1. The summed E-state index contributed by atoms with van der Waals surface area (Å²) < 4.78 is 12.4. The molecule has 0 atom stereocenters. The maximum absolute atomic E-state index is 10.6. The molecule has 0 aliphatic heterocycles. The van der Waals surface area contributed by atoms with Gasteiger partial charge in [0, 0.05) is 12.1 Å². The summed E-state index contributed by atoms with van der Waals surface area (Å²) in [5.41, 5.74) is 3.61. The number of ether oxygens (including phenoxy) is 2. The van der Waals surface area contributed by atoms with Gasteiger partial charge in [-0.2, -0.15) is 0 Å². The maximum Gasteiger partial charge on any atom is 0.153 e. The second-order valence-corrected chi connectivity index (χ2v) is 6.41. The van der Waals surface area contributed by atoms with Crippen LogP contribution in [0.1, 0.15) is 29.8 Å². The Labute approximate surface area is 164 Å². The lowest BCUT2D eigenvalue weighted by Crippen LogP contribution is -2.08. The number of aldehydes is 1. The van der Waals surface area contributed by atoms with E-state index in [1.807, 2.05) is 38.1 Å². The molecule has 0 aliphatic carbocycles. The smallest absolute Gasteiger partial charge is 0.153 e. The molecule has 0 saturated carbocycles. The number of carbonyl (C=O) groups is 1. The number of halogens is 2. The SMILES string of the molecule is CCOc1c(Br)cccc1C=O.CCOc1c(Br)cccc1CNO. The molecule has 2 aromatic rings. The maximum atomic E-state index is 10.6. The van der Waals surface area contributed by atoms with Crippen LogP contribution in [0.15, 0.2) is 45.3 Å². The van der Waals surface area contributed by atoms with Crippen molar-refractivity contribution in [3.05, 3.63) is 56.5 Å². The summed E-state index contributed by atoms with van der Waals surface area (Å²) in [6.07, 6.45) is 0.787. The Morgan fingerprint density at radius 3 is 2.12 bits per heavy atom. The zero-order valence-electron chi connectivity index (χ0n) is 14.1. The van der Waals surface area contributed by atoms with E-state index in [1.165, 1.54) is 0 Å². The van der Waals surface area contributed by atoms with Crippen LogP contribution >= 0.6 is 31.9 Å². The van der Waals surface area contributed by atoms with Crippen LogP contribution in [-0.2, 0) is 6.54 Å². The van der Waals surface area contributed by atoms with E-state index in [4.69, 9.17) is 14.7 Å². The van der Waals surface area contributed by atoms with Crippen LogP contribution in [0.3, 0.4) is 0 Å². The van der Waals surface area contributed by atoms with E-state index in [2.05, 4.69) is 37.3 Å². The van der Waals surface area contributed by atoms with Crippen LogP contribution in [0.25, 0.3) is 0 Å². The number of hydrogen-bond acceptors (Lipinski definition) is 5. The average molecular weight is 475 g/mol. The van der Waals surface area contributed by atoms with Crippen LogP contribution in [0, 0.1) is 0 Å². The lowest BCUT2D eigenvalue weighted by molar-refractivity contribution is 0.111. The Bertz CT molecular complexity index is 680. The molecule has 2 aromatic carbocycles. The Kier molecular flexibility index (Phi) is 10.4. The molecule has 2 rings (SSSR count). The molecule has 25 heavy (non-hydrogen) atoms. The van der Waals surface area contributed by atoms with E-state index < -0.39 is 0 Å². The number of hydrogen-bond donors (Lipinski definition) is 2. The van der Waals surface area contributed by atoms with E-state index in [1.54, 1.807) is 12.1 Å². The van der Waals surface area contributed by atoms with Gasteiger partial charge in [0.2, 0.25) is 0 Å². The average Bonchev–Trinajstić information content (AvgIpc) is 2.61. The highest BCUT2D eigenvalue weighted by Gasteiger charge is 2.06. The number of rotatable bonds is 7. The third kappa shape index (κ3) is 6.78. The molecule has 0 saturated heterocycles. The zero-order valence-corrected chi connectivity index (χ0v) is 17.3. The second kappa shape index (κ2) is 12.0. The summed E-state index contributed by atoms with van der Waals surface area (Å²) in [7, 11) is 0. The van der Waals surface area contributed by atoms with E-state index in [0.29, 0.717) is 31.1 Å². The van der Waals surface area contributed by atoms with Gasteiger partial charge in [-0.3, -0.25) is 4.79 Å². The molecule has 0 heterocycles. The number of carbonyl (C=O) groups excluding carboxylic acids is 1. The summed E-state index contributed by atoms with van der Waals surface area (Å²) in [5, 5.41) is 8.58. The van der Waals surface area contributed by atoms with Gasteiger partial charge in [-0.25, -0.2) is 5.48 Å². The quantitative estimate of drug-likeness (QED) is 0.437. The molecule has 0 amide bonds. The molecular formula is C18H21Br2NO4. The van der Waals surface area contributed by atoms with Gasteiger partial charge in [-0.05, 0) is 63.9 Å². The van der Waals surface area contributed by atoms with Gasteiger partial charge in [0.15, 0.2) is 6.29 Å². The zero-order chi connectivity index (χ0) is 18.7. The molecule has 0 bridgehead atoms. The summed E-state index contributed by atoms with van der Waals surface area (Å²) in [6.45, 7) is 5.36. The van der Waals surface area contributed by atoms with Crippen molar-refractivity contribution >= 4 is 38.1 Å². The van der Waals surface area contributed by atoms with E-state index in [9.17, 15) is 4.79 Å². The van der Waals surface area contributed by atoms with Gasteiger partial charge in [-0.1, -0.05) is 18.2 Å². The van der Waals surface area contributed by atoms with Crippen LogP contribution in [-0.4, -0.2) is 24.7 Å². The normalized spacial score (nSPS) is 9.80. The Morgan fingerprint density at radius 2 is 1.56 bits per heavy atom. The number of para-hydroxylation sites is 2. The van der Waals surface area contributed by atoms with Crippen molar-refractivity contribution in [2.45, 2.75) is 20.4 Å². The lowest BCUT2D eigenvalue weighted by Gasteiger charge is -2.10.